The van der Waals surface area contributed by atoms with Crippen molar-refractivity contribution < 1.29 is 18.8 Å². The van der Waals surface area contributed by atoms with Crippen molar-refractivity contribution >= 4 is 11.8 Å². The van der Waals surface area contributed by atoms with Crippen molar-refractivity contribution in [2.24, 2.45) is 0 Å². The molecule has 0 aliphatic rings. The molecule has 0 saturated heterocycles. The van der Waals surface area contributed by atoms with E-state index in [0.717, 1.165) is 11.1 Å². The predicted molar refractivity (Wildman–Crippen MR) is 120 cm³/mol. The number of hydrogen-bond acceptors (Lipinski definition) is 6. The fourth-order valence-electron chi connectivity index (χ4n) is 2.92. The zero-order chi connectivity index (χ0) is 23.1. The van der Waals surface area contributed by atoms with Crippen LogP contribution in [0.3, 0.4) is 0 Å². The highest BCUT2D eigenvalue weighted by Gasteiger charge is 2.16. The molecule has 0 unspecified atom stereocenters. The van der Waals surface area contributed by atoms with E-state index < -0.39 is 5.91 Å². The molecule has 0 atom stereocenters. The van der Waals surface area contributed by atoms with Gasteiger partial charge in [0.05, 0.1) is 0 Å². The lowest BCUT2D eigenvalue weighted by molar-refractivity contribution is -0.123. The Hall–Kier alpha value is -3.68. The molecule has 3 aromatic rings. The summed E-state index contributed by atoms with van der Waals surface area (Å²) in [6.45, 7) is 8.72. The first-order chi connectivity index (χ1) is 15.2. The van der Waals surface area contributed by atoms with Crippen molar-refractivity contribution in [2.45, 2.75) is 33.1 Å². The normalized spacial score (nSPS) is 11.1. The standard InChI is InChI=1S/C24H28N4O4/c1-16-6-5-7-17(14-16)21-27-23(32-28-21)22(30)26-13-12-25-20(29)15-31-19-10-8-18(9-11-19)24(2,3)4/h5-11,14H,12-13,15H2,1-4H3,(H,25,29)(H,26,30). The zero-order valence-electron chi connectivity index (χ0n) is 18.8. The topological polar surface area (TPSA) is 106 Å². The second kappa shape index (κ2) is 10.1. The minimum absolute atomic E-state index is 0.0592. The lowest BCUT2D eigenvalue weighted by Gasteiger charge is -2.19. The average Bonchev–Trinajstić information content (AvgIpc) is 3.25. The number of carbonyl (C=O) groups is 2. The van der Waals surface area contributed by atoms with E-state index in [9.17, 15) is 9.59 Å². The molecule has 168 valence electrons. The van der Waals surface area contributed by atoms with E-state index in [2.05, 4.69) is 41.5 Å². The minimum atomic E-state index is -0.499. The van der Waals surface area contributed by atoms with Gasteiger partial charge < -0.3 is 19.9 Å². The summed E-state index contributed by atoms with van der Waals surface area (Å²) >= 11 is 0. The van der Waals surface area contributed by atoms with Crippen molar-refractivity contribution in [3.63, 3.8) is 0 Å². The Kier molecular flexibility index (Phi) is 7.25. The number of aromatic nitrogens is 2. The Morgan fingerprint density at radius 3 is 2.44 bits per heavy atom. The Morgan fingerprint density at radius 2 is 1.75 bits per heavy atom. The second-order valence-electron chi connectivity index (χ2n) is 8.46. The minimum Gasteiger partial charge on any atom is -0.484 e. The molecule has 2 aromatic carbocycles. The number of aryl methyl sites for hydroxylation is 1. The maximum Gasteiger partial charge on any atom is 0.316 e. The van der Waals surface area contributed by atoms with Gasteiger partial charge in [-0.05, 0) is 36.1 Å². The summed E-state index contributed by atoms with van der Waals surface area (Å²) in [6.07, 6.45) is 0. The maximum atomic E-state index is 12.2. The Bertz CT molecular complexity index is 1070. The van der Waals surface area contributed by atoms with E-state index in [1.54, 1.807) is 0 Å². The molecule has 32 heavy (non-hydrogen) atoms. The van der Waals surface area contributed by atoms with Gasteiger partial charge in [0.1, 0.15) is 5.75 Å². The average molecular weight is 437 g/mol. The van der Waals surface area contributed by atoms with Crippen LogP contribution < -0.4 is 15.4 Å². The Morgan fingerprint density at radius 1 is 1.03 bits per heavy atom. The second-order valence-corrected chi connectivity index (χ2v) is 8.46. The molecule has 2 N–H and O–H groups in total. The van der Waals surface area contributed by atoms with Gasteiger partial charge >= 0.3 is 11.8 Å². The Labute approximate surface area is 187 Å². The number of carbonyl (C=O) groups excluding carboxylic acids is 2. The van der Waals surface area contributed by atoms with Crippen LogP contribution in [-0.2, 0) is 10.2 Å². The molecule has 8 nitrogen and oxygen atoms in total. The largest absolute Gasteiger partial charge is 0.484 e. The number of nitrogens with zero attached hydrogens (tertiary/aromatic N) is 2. The van der Waals surface area contributed by atoms with E-state index in [1.165, 1.54) is 5.56 Å². The summed E-state index contributed by atoms with van der Waals surface area (Å²) < 4.78 is 10.5. The van der Waals surface area contributed by atoms with Crippen molar-refractivity contribution in [1.82, 2.24) is 20.8 Å². The van der Waals surface area contributed by atoms with Crippen LogP contribution in [0, 0.1) is 6.92 Å². The van der Waals surface area contributed by atoms with Crippen LogP contribution in [-0.4, -0.2) is 41.7 Å². The maximum absolute atomic E-state index is 12.2. The summed E-state index contributed by atoms with van der Waals surface area (Å²) in [5, 5.41) is 9.16. The lowest BCUT2D eigenvalue weighted by atomic mass is 9.87. The van der Waals surface area contributed by atoms with Crippen LogP contribution in [0.25, 0.3) is 11.4 Å². The molecular formula is C24H28N4O4. The molecule has 0 saturated carbocycles. The molecule has 8 heteroatoms. The first kappa shape index (κ1) is 23.0. The molecule has 0 bridgehead atoms. The summed E-state index contributed by atoms with van der Waals surface area (Å²) in [4.78, 5) is 28.2. The molecule has 0 fully saturated rings. The molecule has 2 amide bonds. The van der Waals surface area contributed by atoms with Gasteiger partial charge in [0, 0.05) is 18.7 Å². The fourth-order valence-corrected chi connectivity index (χ4v) is 2.92. The third-order valence-corrected chi connectivity index (χ3v) is 4.72. The summed E-state index contributed by atoms with van der Waals surface area (Å²) in [5.41, 5.74) is 3.08. The number of amides is 2. The first-order valence-corrected chi connectivity index (χ1v) is 10.4. The smallest absolute Gasteiger partial charge is 0.316 e. The quantitative estimate of drug-likeness (QED) is 0.525. The van der Waals surface area contributed by atoms with E-state index in [1.807, 2.05) is 55.5 Å². The van der Waals surface area contributed by atoms with Gasteiger partial charge in [-0.25, -0.2) is 0 Å². The van der Waals surface area contributed by atoms with Crippen molar-refractivity contribution in [3.8, 4) is 17.1 Å². The van der Waals surface area contributed by atoms with E-state index in [0.29, 0.717) is 11.6 Å². The predicted octanol–water partition coefficient (Wildman–Crippen LogP) is 3.27. The highest BCUT2D eigenvalue weighted by molar-refractivity contribution is 5.89. The summed E-state index contributed by atoms with van der Waals surface area (Å²) in [7, 11) is 0. The van der Waals surface area contributed by atoms with Gasteiger partial charge in [0.15, 0.2) is 6.61 Å². The molecule has 0 spiro atoms. The van der Waals surface area contributed by atoms with Crippen LogP contribution in [0.2, 0.25) is 0 Å². The summed E-state index contributed by atoms with van der Waals surface area (Å²) in [5.74, 6) is 0.0662. The van der Waals surface area contributed by atoms with Crippen LogP contribution in [0.4, 0.5) is 0 Å². The number of benzene rings is 2. The molecule has 3 rings (SSSR count). The fraction of sp³-hybridized carbons (Fsp3) is 0.333. The Balaban J connectivity index is 1.38. The molecule has 0 radical (unpaired) electrons. The van der Waals surface area contributed by atoms with Gasteiger partial charge in [0.2, 0.25) is 5.82 Å². The molecule has 1 aromatic heterocycles. The van der Waals surface area contributed by atoms with Gasteiger partial charge in [-0.2, -0.15) is 4.98 Å². The van der Waals surface area contributed by atoms with Crippen LogP contribution in [0.1, 0.15) is 42.6 Å². The zero-order valence-corrected chi connectivity index (χ0v) is 18.8. The molecule has 1 heterocycles. The van der Waals surface area contributed by atoms with E-state index in [4.69, 9.17) is 9.26 Å². The summed E-state index contributed by atoms with van der Waals surface area (Å²) in [6, 6.07) is 15.3. The first-order valence-electron chi connectivity index (χ1n) is 10.4. The molecular weight excluding hydrogens is 408 g/mol. The van der Waals surface area contributed by atoms with E-state index >= 15 is 0 Å². The highest BCUT2D eigenvalue weighted by atomic mass is 16.5. The van der Waals surface area contributed by atoms with Crippen LogP contribution in [0.5, 0.6) is 5.75 Å². The SMILES string of the molecule is Cc1cccc(-c2noc(C(=O)NCCNC(=O)COc3ccc(C(C)(C)C)cc3)n2)c1. The highest BCUT2D eigenvalue weighted by Crippen LogP contribution is 2.24. The van der Waals surface area contributed by atoms with Gasteiger partial charge in [-0.1, -0.05) is 61.8 Å². The number of rotatable bonds is 8. The van der Waals surface area contributed by atoms with Crippen LogP contribution in [0.15, 0.2) is 53.1 Å². The number of hydrogen-bond donors (Lipinski definition) is 2. The number of ether oxygens (including phenoxy) is 1. The van der Waals surface area contributed by atoms with Crippen molar-refractivity contribution in [3.05, 3.63) is 65.5 Å². The van der Waals surface area contributed by atoms with Gasteiger partial charge in [0.25, 0.3) is 5.91 Å². The lowest BCUT2D eigenvalue weighted by Crippen LogP contribution is -2.36. The van der Waals surface area contributed by atoms with Gasteiger partial charge in [-0.3, -0.25) is 9.59 Å². The monoisotopic (exact) mass is 436 g/mol. The number of nitrogens with one attached hydrogen (secondary N) is 2. The van der Waals surface area contributed by atoms with Crippen molar-refractivity contribution in [1.29, 1.82) is 0 Å². The molecule has 0 aliphatic carbocycles. The van der Waals surface area contributed by atoms with Gasteiger partial charge in [-0.15, -0.1) is 0 Å². The van der Waals surface area contributed by atoms with Crippen molar-refractivity contribution in [2.75, 3.05) is 19.7 Å². The third-order valence-electron chi connectivity index (χ3n) is 4.72. The molecule has 0 aliphatic heterocycles. The van der Waals surface area contributed by atoms with E-state index in [-0.39, 0.29) is 36.9 Å². The third kappa shape index (κ3) is 6.41. The van der Waals surface area contributed by atoms with Crippen LogP contribution >= 0.6 is 0 Å².